The molecule has 8 nitrogen and oxygen atoms in total. The Morgan fingerprint density at radius 3 is 2.79 bits per heavy atom. The zero-order valence-electron chi connectivity index (χ0n) is 18.4. The van der Waals surface area contributed by atoms with E-state index in [0.717, 1.165) is 35.4 Å². The summed E-state index contributed by atoms with van der Waals surface area (Å²) in [5.74, 6) is 0.494. The number of nitrogens with zero attached hydrogens (tertiary/aromatic N) is 5. The predicted octanol–water partition coefficient (Wildman–Crippen LogP) is 4.10. The first-order valence-electron chi connectivity index (χ1n) is 10.9. The van der Waals surface area contributed by atoms with E-state index >= 15 is 0 Å². The number of hydrogen-bond acceptors (Lipinski definition) is 7. The van der Waals surface area contributed by atoms with Gasteiger partial charge in [-0.25, -0.2) is 9.97 Å². The number of pyridine rings is 1. The minimum atomic E-state index is -0.149. The van der Waals surface area contributed by atoms with E-state index in [1.54, 1.807) is 29.2 Å². The Hall–Kier alpha value is -3.36. The lowest BCUT2D eigenvalue weighted by molar-refractivity contribution is 0.195. The molecule has 0 bridgehead atoms. The van der Waals surface area contributed by atoms with Crippen molar-refractivity contribution in [3.8, 4) is 22.4 Å². The van der Waals surface area contributed by atoms with E-state index in [2.05, 4.69) is 25.3 Å². The van der Waals surface area contributed by atoms with Crippen molar-refractivity contribution in [2.24, 2.45) is 0 Å². The predicted molar refractivity (Wildman–Crippen MR) is 129 cm³/mol. The zero-order chi connectivity index (χ0) is 22.9. The number of ether oxygens (including phenoxy) is 1. The lowest BCUT2D eigenvalue weighted by Gasteiger charge is -2.14. The minimum absolute atomic E-state index is 0.149. The van der Waals surface area contributed by atoms with E-state index in [0.29, 0.717) is 40.9 Å². The molecule has 5 rings (SSSR count). The highest BCUT2D eigenvalue weighted by Crippen LogP contribution is 2.31. The molecule has 1 aromatic carbocycles. The Morgan fingerprint density at radius 2 is 2.06 bits per heavy atom. The van der Waals surface area contributed by atoms with Crippen molar-refractivity contribution in [2.75, 3.05) is 18.5 Å². The van der Waals surface area contributed by atoms with Gasteiger partial charge in [-0.15, -0.1) is 0 Å². The van der Waals surface area contributed by atoms with E-state index < -0.39 is 0 Å². The van der Waals surface area contributed by atoms with E-state index in [4.69, 9.17) is 16.3 Å². The molecule has 168 valence electrons. The molecule has 0 aliphatic carbocycles. The lowest BCUT2D eigenvalue weighted by Crippen LogP contribution is -2.24. The molecule has 9 heteroatoms. The van der Waals surface area contributed by atoms with E-state index in [-0.39, 0.29) is 11.6 Å². The van der Waals surface area contributed by atoms with Crippen LogP contribution in [0.1, 0.15) is 19.0 Å². The Balaban J connectivity index is 1.56. The van der Waals surface area contributed by atoms with Gasteiger partial charge in [-0.2, -0.15) is 4.98 Å². The van der Waals surface area contributed by atoms with Gasteiger partial charge in [-0.3, -0.25) is 14.3 Å². The number of anilines is 1. The molecule has 1 N–H and O–H groups in total. The molecule has 4 aromatic rings. The van der Waals surface area contributed by atoms with Crippen LogP contribution in [0.2, 0.25) is 5.02 Å². The number of halogens is 1. The molecule has 33 heavy (non-hydrogen) atoms. The summed E-state index contributed by atoms with van der Waals surface area (Å²) in [5, 5.41) is 4.53. The van der Waals surface area contributed by atoms with Gasteiger partial charge in [0.05, 0.1) is 30.2 Å². The van der Waals surface area contributed by atoms with Gasteiger partial charge in [-0.1, -0.05) is 23.7 Å². The Bertz CT molecular complexity index is 1400. The fourth-order valence-corrected chi connectivity index (χ4v) is 4.32. The highest BCUT2D eigenvalue weighted by atomic mass is 35.5. The standard InChI is InChI=1S/C24H23ClN6O2/c1-3-31-22-16(11-27-24(30-22)29-17-6-7-33-13-17)8-19(23(31)32)18-5-4-15(9-20(18)25)21-12-26-10-14(2)28-21/h4-5,8-12,17H,3,6-7,13H2,1-2H3,(H,27,29,30)/t17-/m1/s1. The molecule has 3 aromatic heterocycles. The molecule has 0 amide bonds. The number of rotatable bonds is 5. The first kappa shape index (κ1) is 21.5. The van der Waals surface area contributed by atoms with Crippen LogP contribution in [0.4, 0.5) is 5.95 Å². The van der Waals surface area contributed by atoms with Crippen LogP contribution in [-0.2, 0) is 11.3 Å². The highest BCUT2D eigenvalue weighted by Gasteiger charge is 2.18. The number of fused-ring (bicyclic) bond motifs is 1. The van der Waals surface area contributed by atoms with Crippen LogP contribution in [-0.4, -0.2) is 43.8 Å². The molecule has 1 atom stereocenters. The summed E-state index contributed by atoms with van der Waals surface area (Å²) in [6.07, 6.45) is 6.04. The molecular formula is C24H23ClN6O2. The maximum atomic E-state index is 13.4. The largest absolute Gasteiger partial charge is 0.379 e. The van der Waals surface area contributed by atoms with Crippen LogP contribution in [0.15, 0.2) is 47.7 Å². The maximum Gasteiger partial charge on any atom is 0.260 e. The van der Waals surface area contributed by atoms with Crippen molar-refractivity contribution in [1.29, 1.82) is 0 Å². The van der Waals surface area contributed by atoms with Crippen LogP contribution in [0.3, 0.4) is 0 Å². The fourth-order valence-electron chi connectivity index (χ4n) is 4.04. The smallest absolute Gasteiger partial charge is 0.260 e. The zero-order valence-corrected chi connectivity index (χ0v) is 19.1. The SMILES string of the molecule is CCn1c(=O)c(-c2ccc(-c3cncc(C)n3)cc2Cl)cc2cnc(N[C@@H]3CCOC3)nc21. The Labute approximate surface area is 195 Å². The number of aromatic nitrogens is 5. The molecule has 1 saturated heterocycles. The van der Waals surface area contributed by atoms with Crippen LogP contribution in [0.5, 0.6) is 0 Å². The van der Waals surface area contributed by atoms with Crippen molar-refractivity contribution < 1.29 is 4.74 Å². The third-order valence-electron chi connectivity index (χ3n) is 5.72. The van der Waals surface area contributed by atoms with Gasteiger partial charge in [0.2, 0.25) is 5.95 Å². The summed E-state index contributed by atoms with van der Waals surface area (Å²) < 4.78 is 7.06. The topological polar surface area (TPSA) is 94.8 Å². The number of benzene rings is 1. The maximum absolute atomic E-state index is 13.4. The van der Waals surface area contributed by atoms with Gasteiger partial charge in [0, 0.05) is 52.6 Å². The molecule has 4 heterocycles. The van der Waals surface area contributed by atoms with Crippen molar-refractivity contribution >= 4 is 28.6 Å². The molecule has 0 saturated carbocycles. The summed E-state index contributed by atoms with van der Waals surface area (Å²) in [6, 6.07) is 7.55. The van der Waals surface area contributed by atoms with E-state index in [1.807, 2.05) is 32.0 Å². The number of aryl methyl sites for hydroxylation is 2. The first-order chi connectivity index (χ1) is 16.0. The third kappa shape index (κ3) is 4.19. The van der Waals surface area contributed by atoms with Crippen LogP contribution < -0.4 is 10.9 Å². The average molecular weight is 463 g/mol. The Kier molecular flexibility index (Phi) is 5.78. The fraction of sp³-hybridized carbons (Fsp3) is 0.292. The number of hydrogen-bond donors (Lipinski definition) is 1. The molecule has 0 spiro atoms. The first-order valence-corrected chi connectivity index (χ1v) is 11.2. The molecule has 1 aliphatic heterocycles. The second-order valence-electron chi connectivity index (χ2n) is 8.03. The lowest BCUT2D eigenvalue weighted by atomic mass is 10.0. The number of nitrogens with one attached hydrogen (secondary N) is 1. The van der Waals surface area contributed by atoms with Crippen molar-refractivity contribution in [2.45, 2.75) is 32.9 Å². The highest BCUT2D eigenvalue weighted by molar-refractivity contribution is 6.33. The second kappa shape index (κ2) is 8.88. The average Bonchev–Trinajstić information content (AvgIpc) is 3.32. The molecule has 0 unspecified atom stereocenters. The van der Waals surface area contributed by atoms with Crippen molar-refractivity contribution in [1.82, 2.24) is 24.5 Å². The van der Waals surface area contributed by atoms with Crippen LogP contribution in [0, 0.1) is 6.92 Å². The summed E-state index contributed by atoms with van der Waals surface area (Å²) >= 11 is 6.64. The quantitative estimate of drug-likeness (QED) is 0.477. The van der Waals surface area contributed by atoms with Gasteiger partial charge < -0.3 is 10.1 Å². The normalized spacial score (nSPS) is 15.8. The summed E-state index contributed by atoms with van der Waals surface area (Å²) in [6.45, 7) is 5.64. The second-order valence-corrected chi connectivity index (χ2v) is 8.43. The third-order valence-corrected chi connectivity index (χ3v) is 6.03. The van der Waals surface area contributed by atoms with Gasteiger partial charge in [0.15, 0.2) is 0 Å². The van der Waals surface area contributed by atoms with Crippen LogP contribution in [0.25, 0.3) is 33.4 Å². The molecule has 1 aliphatic rings. The Morgan fingerprint density at radius 1 is 1.18 bits per heavy atom. The van der Waals surface area contributed by atoms with Crippen molar-refractivity contribution in [3.63, 3.8) is 0 Å². The summed E-state index contributed by atoms with van der Waals surface area (Å²) in [4.78, 5) is 31.2. The molecule has 0 radical (unpaired) electrons. The summed E-state index contributed by atoms with van der Waals surface area (Å²) in [5.41, 5.74) is 3.99. The molecule has 1 fully saturated rings. The molecular weight excluding hydrogens is 440 g/mol. The van der Waals surface area contributed by atoms with Gasteiger partial charge in [-0.05, 0) is 32.4 Å². The van der Waals surface area contributed by atoms with Crippen LogP contribution >= 0.6 is 11.6 Å². The van der Waals surface area contributed by atoms with E-state index in [1.165, 1.54) is 0 Å². The van der Waals surface area contributed by atoms with Gasteiger partial charge >= 0.3 is 0 Å². The van der Waals surface area contributed by atoms with Gasteiger partial charge in [0.25, 0.3) is 5.56 Å². The van der Waals surface area contributed by atoms with Crippen molar-refractivity contribution in [3.05, 3.63) is 63.9 Å². The van der Waals surface area contributed by atoms with Gasteiger partial charge in [0.1, 0.15) is 5.65 Å². The summed E-state index contributed by atoms with van der Waals surface area (Å²) in [7, 11) is 0. The monoisotopic (exact) mass is 462 g/mol. The van der Waals surface area contributed by atoms with E-state index in [9.17, 15) is 4.79 Å². The minimum Gasteiger partial charge on any atom is -0.379 e.